The number of nitrogens with zero attached hydrogens (tertiary/aromatic N) is 2. The van der Waals surface area contributed by atoms with E-state index in [0.29, 0.717) is 11.4 Å². The Morgan fingerprint density at radius 2 is 2.08 bits per heavy atom. The minimum atomic E-state index is -0.584. The molecule has 2 aromatic rings. The van der Waals surface area contributed by atoms with Crippen LogP contribution in [0.25, 0.3) is 0 Å². The van der Waals surface area contributed by atoms with E-state index in [-0.39, 0.29) is 29.9 Å². The lowest BCUT2D eigenvalue weighted by atomic mass is 10.1. The highest BCUT2D eigenvalue weighted by Gasteiger charge is 2.18. The van der Waals surface area contributed by atoms with Crippen LogP contribution in [0.4, 0.5) is 5.69 Å². The van der Waals surface area contributed by atoms with Crippen LogP contribution in [-0.4, -0.2) is 34.7 Å². The average Bonchev–Trinajstić information content (AvgIpc) is 3.06. The number of hydrogen-bond acceptors (Lipinski definition) is 4. The highest BCUT2D eigenvalue weighted by Crippen LogP contribution is 2.18. The number of anilines is 1. The second-order valence-electron chi connectivity index (χ2n) is 5.55. The zero-order valence-electron chi connectivity index (χ0n) is 13.1. The van der Waals surface area contributed by atoms with E-state index in [1.54, 1.807) is 30.3 Å². The molecule has 0 bridgehead atoms. The number of rotatable bonds is 4. The van der Waals surface area contributed by atoms with Crippen molar-refractivity contribution in [2.24, 2.45) is 5.73 Å². The molecule has 1 unspecified atom stereocenters. The maximum atomic E-state index is 12.3. The maximum Gasteiger partial charge on any atom is 0.276 e. The van der Waals surface area contributed by atoms with E-state index in [0.717, 1.165) is 25.9 Å². The Kier molecular flexibility index (Phi) is 5.94. The van der Waals surface area contributed by atoms with Crippen molar-refractivity contribution < 1.29 is 9.59 Å². The number of nitrogens with two attached hydrogens (primary N) is 1. The number of primary amides is 1. The van der Waals surface area contributed by atoms with Crippen LogP contribution < -0.4 is 16.4 Å². The first-order chi connectivity index (χ1) is 11.1. The van der Waals surface area contributed by atoms with Gasteiger partial charge in [0.1, 0.15) is 0 Å². The molecule has 1 aliphatic heterocycles. The van der Waals surface area contributed by atoms with Crippen molar-refractivity contribution in [3.05, 3.63) is 47.8 Å². The predicted octanol–water partition coefficient (Wildman–Crippen LogP) is 1.58. The molecule has 24 heavy (non-hydrogen) atoms. The minimum Gasteiger partial charge on any atom is -0.366 e. The summed E-state index contributed by atoms with van der Waals surface area (Å²) < 4.78 is 1.82. The number of hydrogen-bond donors (Lipinski definition) is 3. The molecule has 7 nitrogen and oxygen atoms in total. The Hall–Kier alpha value is -2.38. The molecule has 3 rings (SSSR count). The third-order valence-electron chi connectivity index (χ3n) is 3.93. The summed E-state index contributed by atoms with van der Waals surface area (Å²) >= 11 is 0. The molecule has 2 amide bonds. The van der Waals surface area contributed by atoms with Crippen LogP contribution in [0.3, 0.4) is 0 Å². The second kappa shape index (κ2) is 7.94. The summed E-state index contributed by atoms with van der Waals surface area (Å²) in [4.78, 5) is 23.7. The lowest BCUT2D eigenvalue weighted by molar-refractivity contribution is 0.100. The van der Waals surface area contributed by atoms with Crippen LogP contribution >= 0.6 is 12.4 Å². The molecule has 0 spiro atoms. The Labute approximate surface area is 146 Å². The number of aromatic nitrogens is 2. The third-order valence-corrected chi connectivity index (χ3v) is 3.93. The molecule has 0 saturated carbocycles. The Bertz CT molecular complexity index is 725. The van der Waals surface area contributed by atoms with E-state index in [4.69, 9.17) is 5.73 Å². The number of carbonyl (C=O) groups excluding carboxylic acids is 2. The molecule has 0 radical (unpaired) electrons. The number of amides is 2. The summed E-state index contributed by atoms with van der Waals surface area (Å²) in [7, 11) is 0. The maximum absolute atomic E-state index is 12.3. The first kappa shape index (κ1) is 18.0. The highest BCUT2D eigenvalue weighted by molar-refractivity contribution is 6.07. The normalized spacial score (nSPS) is 16.9. The molecule has 128 valence electrons. The lowest BCUT2D eigenvalue weighted by Crippen LogP contribution is -2.32. The molecule has 1 fully saturated rings. The van der Waals surface area contributed by atoms with E-state index in [9.17, 15) is 9.59 Å². The van der Waals surface area contributed by atoms with Gasteiger partial charge in [0.25, 0.3) is 11.8 Å². The average molecular weight is 350 g/mol. The van der Waals surface area contributed by atoms with Crippen LogP contribution in [0.2, 0.25) is 0 Å². The molecule has 0 aliphatic carbocycles. The van der Waals surface area contributed by atoms with Gasteiger partial charge in [0.05, 0.1) is 17.3 Å². The molecule has 1 aliphatic rings. The molecule has 1 aromatic heterocycles. The van der Waals surface area contributed by atoms with Crippen LogP contribution in [0.5, 0.6) is 0 Å². The second-order valence-corrected chi connectivity index (χ2v) is 5.55. The topological polar surface area (TPSA) is 102 Å². The molecule has 8 heteroatoms. The summed E-state index contributed by atoms with van der Waals surface area (Å²) in [5.41, 5.74) is 6.29. The van der Waals surface area contributed by atoms with Crippen molar-refractivity contribution in [2.75, 3.05) is 18.4 Å². The monoisotopic (exact) mass is 349 g/mol. The molecular formula is C16H20ClN5O2. The standard InChI is InChI=1S/C16H19N5O2.ClH/c17-15(22)12-5-1-2-6-13(12)19-16(23)14-7-9-21(20-14)11-4-3-8-18-10-11;/h1-2,5-7,9,11,18H,3-4,8,10H2,(H2,17,22)(H,19,23);1H. The Morgan fingerprint density at radius 3 is 2.79 bits per heavy atom. The van der Waals surface area contributed by atoms with E-state index < -0.39 is 5.91 Å². The number of para-hydroxylation sites is 1. The van der Waals surface area contributed by atoms with Gasteiger partial charge in [-0.25, -0.2) is 0 Å². The van der Waals surface area contributed by atoms with Crippen molar-refractivity contribution in [3.8, 4) is 0 Å². The quantitative estimate of drug-likeness (QED) is 0.779. The van der Waals surface area contributed by atoms with Gasteiger partial charge < -0.3 is 16.4 Å². The smallest absolute Gasteiger partial charge is 0.276 e. The van der Waals surface area contributed by atoms with Crippen LogP contribution in [0.1, 0.15) is 39.7 Å². The van der Waals surface area contributed by atoms with E-state index in [2.05, 4.69) is 15.7 Å². The van der Waals surface area contributed by atoms with Crippen molar-refractivity contribution in [1.82, 2.24) is 15.1 Å². The van der Waals surface area contributed by atoms with Gasteiger partial charge in [-0.3, -0.25) is 14.3 Å². The Morgan fingerprint density at radius 1 is 1.29 bits per heavy atom. The molecule has 4 N–H and O–H groups in total. The molecule has 1 atom stereocenters. The van der Waals surface area contributed by atoms with E-state index >= 15 is 0 Å². The number of halogens is 1. The van der Waals surface area contributed by atoms with Crippen LogP contribution in [0, 0.1) is 0 Å². The van der Waals surface area contributed by atoms with Gasteiger partial charge in [-0.15, -0.1) is 12.4 Å². The van der Waals surface area contributed by atoms with E-state index in [1.807, 2.05) is 10.9 Å². The highest BCUT2D eigenvalue weighted by atomic mass is 35.5. The fourth-order valence-electron chi connectivity index (χ4n) is 2.72. The van der Waals surface area contributed by atoms with Crippen molar-refractivity contribution in [3.63, 3.8) is 0 Å². The third kappa shape index (κ3) is 3.93. The molecular weight excluding hydrogens is 330 g/mol. The fraction of sp³-hybridized carbons (Fsp3) is 0.312. The zero-order chi connectivity index (χ0) is 16.2. The largest absolute Gasteiger partial charge is 0.366 e. The summed E-state index contributed by atoms with van der Waals surface area (Å²) in [5.74, 6) is -0.944. The zero-order valence-corrected chi connectivity index (χ0v) is 13.9. The van der Waals surface area contributed by atoms with Gasteiger partial charge in [-0.2, -0.15) is 5.10 Å². The van der Waals surface area contributed by atoms with Crippen molar-refractivity contribution in [2.45, 2.75) is 18.9 Å². The number of nitrogens with one attached hydrogen (secondary N) is 2. The summed E-state index contributed by atoms with van der Waals surface area (Å²) in [6, 6.07) is 8.58. The SMILES string of the molecule is Cl.NC(=O)c1ccccc1NC(=O)c1ccn(C2CCCNC2)n1. The first-order valence-electron chi connectivity index (χ1n) is 7.61. The van der Waals surface area contributed by atoms with Gasteiger partial charge in [0.2, 0.25) is 0 Å². The van der Waals surface area contributed by atoms with E-state index in [1.165, 1.54) is 0 Å². The van der Waals surface area contributed by atoms with Crippen molar-refractivity contribution >= 4 is 29.9 Å². The van der Waals surface area contributed by atoms with Gasteiger partial charge in [-0.05, 0) is 37.6 Å². The van der Waals surface area contributed by atoms with Gasteiger partial charge in [-0.1, -0.05) is 12.1 Å². The number of carbonyl (C=O) groups is 2. The van der Waals surface area contributed by atoms with Crippen molar-refractivity contribution in [1.29, 1.82) is 0 Å². The summed E-state index contributed by atoms with van der Waals surface area (Å²) in [6.45, 7) is 1.88. The van der Waals surface area contributed by atoms with Gasteiger partial charge in [0.15, 0.2) is 5.69 Å². The summed E-state index contributed by atoms with van der Waals surface area (Å²) in [5, 5.41) is 10.4. The molecule has 2 heterocycles. The minimum absolute atomic E-state index is 0. The predicted molar refractivity (Wildman–Crippen MR) is 93.5 cm³/mol. The number of piperidine rings is 1. The van der Waals surface area contributed by atoms with Gasteiger partial charge in [0, 0.05) is 12.7 Å². The van der Waals surface area contributed by atoms with Gasteiger partial charge >= 0.3 is 0 Å². The number of benzene rings is 1. The van der Waals surface area contributed by atoms with Crippen LogP contribution in [0.15, 0.2) is 36.5 Å². The molecule has 1 aromatic carbocycles. The van der Waals surface area contributed by atoms with Crippen LogP contribution in [-0.2, 0) is 0 Å². The fourth-order valence-corrected chi connectivity index (χ4v) is 2.72. The summed E-state index contributed by atoms with van der Waals surface area (Å²) in [6.07, 6.45) is 3.95. The lowest BCUT2D eigenvalue weighted by Gasteiger charge is -2.22. The Balaban J connectivity index is 0.00000208. The first-order valence-corrected chi connectivity index (χ1v) is 7.61. The molecule has 1 saturated heterocycles.